The highest BCUT2D eigenvalue weighted by molar-refractivity contribution is 5.97. The third-order valence-electron chi connectivity index (χ3n) is 7.44. The minimum absolute atomic E-state index is 0.237. The van der Waals surface area contributed by atoms with Crippen LogP contribution in [0.2, 0.25) is 0 Å². The molecule has 6 heteroatoms. The van der Waals surface area contributed by atoms with Crippen molar-refractivity contribution in [3.63, 3.8) is 0 Å². The third kappa shape index (κ3) is 6.06. The van der Waals surface area contributed by atoms with E-state index in [4.69, 9.17) is 4.98 Å². The van der Waals surface area contributed by atoms with Crippen molar-refractivity contribution in [3.8, 4) is 11.3 Å². The Morgan fingerprint density at radius 1 is 1.06 bits per heavy atom. The smallest absolute Gasteiger partial charge is 0.162 e. The van der Waals surface area contributed by atoms with Gasteiger partial charge in [-0.05, 0) is 77.5 Å². The molecule has 0 aliphatic carbocycles. The quantitative estimate of drug-likeness (QED) is 0.340. The van der Waals surface area contributed by atoms with Crippen LogP contribution in [0.1, 0.15) is 55.3 Å². The summed E-state index contributed by atoms with van der Waals surface area (Å²) in [6.07, 6.45) is 11.5. The summed E-state index contributed by atoms with van der Waals surface area (Å²) in [5.41, 5.74) is 4.74. The van der Waals surface area contributed by atoms with Crippen LogP contribution in [-0.4, -0.2) is 71.4 Å². The number of hydrogen-bond acceptors (Lipinski definition) is 6. The zero-order valence-electron chi connectivity index (χ0n) is 20.9. The summed E-state index contributed by atoms with van der Waals surface area (Å²) in [4.78, 5) is 26.9. The van der Waals surface area contributed by atoms with E-state index < -0.39 is 0 Å². The van der Waals surface area contributed by atoms with Gasteiger partial charge in [0, 0.05) is 53.6 Å². The number of nitrogens with one attached hydrogen (secondary N) is 1. The molecule has 0 amide bonds. The summed E-state index contributed by atoms with van der Waals surface area (Å²) in [6.45, 7) is 5.73. The van der Waals surface area contributed by atoms with Gasteiger partial charge in [0.25, 0.3) is 0 Å². The number of rotatable bonds is 9. The van der Waals surface area contributed by atoms with Crippen LogP contribution in [0.15, 0.2) is 48.8 Å². The molecule has 0 bridgehead atoms. The number of piperidine rings is 1. The molecule has 1 N–H and O–H groups in total. The maximum absolute atomic E-state index is 12.7. The summed E-state index contributed by atoms with van der Waals surface area (Å²) < 4.78 is 0. The van der Waals surface area contributed by atoms with Crippen molar-refractivity contribution in [2.75, 3.05) is 45.1 Å². The number of anilines is 1. The van der Waals surface area contributed by atoms with Crippen LogP contribution in [0.5, 0.6) is 0 Å². The number of likely N-dealkylation sites (tertiary alicyclic amines) is 2. The first-order chi connectivity index (χ1) is 17.2. The van der Waals surface area contributed by atoms with Crippen LogP contribution < -0.4 is 5.32 Å². The number of unbranched alkanes of at least 4 members (excludes halogenated alkanes) is 1. The number of ketones is 1. The Balaban J connectivity index is 1.24. The number of benzene rings is 1. The van der Waals surface area contributed by atoms with Crippen LogP contribution in [0.4, 0.5) is 5.69 Å². The van der Waals surface area contributed by atoms with Gasteiger partial charge in [0.2, 0.25) is 0 Å². The molecule has 6 nitrogen and oxygen atoms in total. The van der Waals surface area contributed by atoms with E-state index in [0.717, 1.165) is 72.3 Å². The summed E-state index contributed by atoms with van der Waals surface area (Å²) in [5.74, 6) is 0.237. The van der Waals surface area contributed by atoms with Gasteiger partial charge < -0.3 is 15.1 Å². The van der Waals surface area contributed by atoms with Gasteiger partial charge in [-0.2, -0.15) is 0 Å². The van der Waals surface area contributed by atoms with Crippen LogP contribution in [0, 0.1) is 0 Å². The van der Waals surface area contributed by atoms with Crippen molar-refractivity contribution < 1.29 is 4.79 Å². The minimum Gasteiger partial charge on any atom is -0.380 e. The molecular weight excluding hydrogens is 434 g/mol. The second kappa shape index (κ2) is 11.3. The molecule has 1 atom stereocenters. The van der Waals surface area contributed by atoms with Crippen molar-refractivity contribution in [2.24, 2.45) is 0 Å². The van der Waals surface area contributed by atoms with Crippen LogP contribution in [-0.2, 0) is 0 Å². The highest BCUT2D eigenvalue weighted by Gasteiger charge is 2.20. The van der Waals surface area contributed by atoms with Gasteiger partial charge in [-0.25, -0.2) is 4.98 Å². The van der Waals surface area contributed by atoms with Crippen LogP contribution >= 0.6 is 0 Å². The lowest BCUT2D eigenvalue weighted by Gasteiger charge is -2.26. The fourth-order valence-corrected chi connectivity index (χ4v) is 5.38. The summed E-state index contributed by atoms with van der Waals surface area (Å²) in [6, 6.07) is 12.5. The molecule has 0 spiro atoms. The minimum atomic E-state index is 0.237. The number of carbonyl (C=O) groups excluding carboxylic acids is 1. The normalized spacial score (nSPS) is 19.3. The molecule has 184 valence electrons. The molecular formula is C29H37N5O. The second-order valence-corrected chi connectivity index (χ2v) is 10.2. The highest BCUT2D eigenvalue weighted by atomic mass is 16.1. The van der Waals surface area contributed by atoms with E-state index in [1.54, 1.807) is 6.20 Å². The van der Waals surface area contributed by atoms with E-state index in [1.165, 1.54) is 32.4 Å². The Kier molecular flexibility index (Phi) is 7.69. The largest absolute Gasteiger partial charge is 0.380 e. The molecule has 1 unspecified atom stereocenters. The number of pyridine rings is 2. The molecule has 1 aromatic carbocycles. The van der Waals surface area contributed by atoms with Gasteiger partial charge in [0.05, 0.1) is 11.2 Å². The molecule has 2 aliphatic heterocycles. The lowest BCUT2D eigenvalue weighted by Crippen LogP contribution is -2.30. The molecule has 35 heavy (non-hydrogen) atoms. The number of carbonyl (C=O) groups is 1. The molecule has 3 aromatic rings. The lowest BCUT2D eigenvalue weighted by atomic mass is 10.0. The predicted molar refractivity (Wildman–Crippen MR) is 143 cm³/mol. The van der Waals surface area contributed by atoms with Crippen LogP contribution in [0.25, 0.3) is 22.2 Å². The summed E-state index contributed by atoms with van der Waals surface area (Å²) >= 11 is 0. The summed E-state index contributed by atoms with van der Waals surface area (Å²) in [5, 5.41) is 4.77. The monoisotopic (exact) mass is 471 g/mol. The number of hydrogen-bond donors (Lipinski definition) is 1. The first-order valence-corrected chi connectivity index (χ1v) is 13.2. The Bertz CT molecular complexity index is 1140. The van der Waals surface area contributed by atoms with E-state index in [0.29, 0.717) is 12.5 Å². The molecule has 2 fully saturated rings. The molecule has 0 radical (unpaired) electrons. The van der Waals surface area contributed by atoms with Gasteiger partial charge in [-0.3, -0.25) is 9.78 Å². The van der Waals surface area contributed by atoms with Crippen molar-refractivity contribution in [1.82, 2.24) is 19.8 Å². The predicted octanol–water partition coefficient (Wildman–Crippen LogP) is 5.25. The topological polar surface area (TPSA) is 61.4 Å². The van der Waals surface area contributed by atoms with Crippen molar-refractivity contribution in [1.29, 1.82) is 0 Å². The van der Waals surface area contributed by atoms with E-state index in [-0.39, 0.29) is 5.78 Å². The van der Waals surface area contributed by atoms with Crippen molar-refractivity contribution in [2.45, 2.75) is 51.0 Å². The standard InChI is InChI=1S/C29H37N5O/c1-33-18-13-24(21-33)31-28-19-27(32-26-12-14-30-20-25(26)28)22-8-10-23(11-9-22)29(35)7-3-6-17-34-15-4-2-5-16-34/h8-12,14,19-20,24H,2-7,13,15-18,21H2,1H3,(H,31,32). The third-order valence-corrected chi connectivity index (χ3v) is 7.44. The van der Waals surface area contributed by atoms with Gasteiger partial charge in [0.15, 0.2) is 5.78 Å². The number of aromatic nitrogens is 2. The second-order valence-electron chi connectivity index (χ2n) is 10.2. The fraction of sp³-hybridized carbons (Fsp3) is 0.483. The van der Waals surface area contributed by atoms with Crippen molar-refractivity contribution in [3.05, 3.63) is 54.4 Å². The number of Topliss-reactive ketones (excluding diaryl/α,β-unsaturated/α-hetero) is 1. The highest BCUT2D eigenvalue weighted by Crippen LogP contribution is 2.29. The van der Waals surface area contributed by atoms with Crippen LogP contribution in [0.3, 0.4) is 0 Å². The molecule has 4 heterocycles. The summed E-state index contributed by atoms with van der Waals surface area (Å²) in [7, 11) is 2.16. The first kappa shape index (κ1) is 23.9. The Hall–Kier alpha value is -2.83. The molecule has 2 aromatic heterocycles. The molecule has 2 aliphatic rings. The Labute approximate surface area is 208 Å². The molecule has 0 saturated carbocycles. The van der Waals surface area contributed by atoms with E-state index >= 15 is 0 Å². The van der Waals surface area contributed by atoms with Gasteiger partial charge in [-0.15, -0.1) is 0 Å². The Morgan fingerprint density at radius 3 is 2.66 bits per heavy atom. The number of nitrogens with zero attached hydrogens (tertiary/aromatic N) is 4. The SMILES string of the molecule is CN1CCC(Nc2cc(-c3ccc(C(=O)CCCCN4CCCCC4)cc3)nc3ccncc23)C1. The average Bonchev–Trinajstić information content (AvgIpc) is 3.31. The Morgan fingerprint density at radius 2 is 1.89 bits per heavy atom. The maximum Gasteiger partial charge on any atom is 0.162 e. The maximum atomic E-state index is 12.7. The van der Waals surface area contributed by atoms with E-state index in [1.807, 2.05) is 36.5 Å². The lowest BCUT2D eigenvalue weighted by molar-refractivity contribution is 0.0977. The van der Waals surface area contributed by atoms with Gasteiger partial charge in [-0.1, -0.05) is 30.7 Å². The van der Waals surface area contributed by atoms with E-state index in [9.17, 15) is 4.79 Å². The number of likely N-dealkylation sites (N-methyl/N-ethyl adjacent to an activating group) is 1. The van der Waals surface area contributed by atoms with Crippen molar-refractivity contribution >= 4 is 22.4 Å². The molecule has 2 saturated heterocycles. The van der Waals surface area contributed by atoms with Gasteiger partial charge in [0.1, 0.15) is 0 Å². The molecule has 5 rings (SSSR count). The first-order valence-electron chi connectivity index (χ1n) is 13.2. The number of fused-ring (bicyclic) bond motifs is 1. The zero-order valence-corrected chi connectivity index (χ0v) is 20.9. The van der Waals surface area contributed by atoms with E-state index in [2.05, 4.69) is 33.2 Å². The fourth-order valence-electron chi connectivity index (χ4n) is 5.38. The van der Waals surface area contributed by atoms with Gasteiger partial charge >= 0.3 is 0 Å². The zero-order chi connectivity index (χ0) is 24.0. The average molecular weight is 472 g/mol.